The van der Waals surface area contributed by atoms with Gasteiger partial charge in [0.15, 0.2) is 5.96 Å². The summed E-state index contributed by atoms with van der Waals surface area (Å²) >= 11 is 0. The van der Waals surface area contributed by atoms with Crippen LogP contribution >= 0.6 is 24.0 Å². The van der Waals surface area contributed by atoms with E-state index in [9.17, 15) is 0 Å². The second-order valence-corrected chi connectivity index (χ2v) is 7.10. The summed E-state index contributed by atoms with van der Waals surface area (Å²) < 4.78 is 12.0. The number of piperazine rings is 1. The van der Waals surface area contributed by atoms with Crippen LogP contribution in [0.4, 0.5) is 0 Å². The van der Waals surface area contributed by atoms with Gasteiger partial charge in [-0.3, -0.25) is 9.89 Å². The van der Waals surface area contributed by atoms with Gasteiger partial charge in [-0.1, -0.05) is 5.16 Å². The van der Waals surface area contributed by atoms with Gasteiger partial charge in [0.1, 0.15) is 12.0 Å². The number of halogens is 1. The first kappa shape index (κ1) is 23.1. The molecule has 1 saturated heterocycles. The highest BCUT2D eigenvalue weighted by molar-refractivity contribution is 14.0. The number of guanidine groups is 1. The maximum atomic E-state index is 5.21. The fraction of sp³-hybridized carbons (Fsp3) is 0.381. The molecule has 0 atom stereocenters. The van der Waals surface area contributed by atoms with Gasteiger partial charge in [-0.2, -0.15) is 5.10 Å². The molecule has 0 amide bonds. The van der Waals surface area contributed by atoms with E-state index in [0.717, 1.165) is 61.5 Å². The quantitative estimate of drug-likeness (QED) is 0.294. The first-order valence-electron chi connectivity index (χ1n) is 10.0. The van der Waals surface area contributed by atoms with Gasteiger partial charge >= 0.3 is 0 Å². The van der Waals surface area contributed by atoms with E-state index in [1.54, 1.807) is 13.4 Å². The van der Waals surface area contributed by atoms with Crippen LogP contribution in [0.2, 0.25) is 0 Å². The number of methoxy groups -OCH3 is 1. The Morgan fingerprint density at radius 2 is 1.87 bits per heavy atom. The van der Waals surface area contributed by atoms with Crippen LogP contribution in [0.3, 0.4) is 0 Å². The van der Waals surface area contributed by atoms with Crippen molar-refractivity contribution in [1.29, 1.82) is 0 Å². The number of aromatic nitrogens is 3. The number of hydrogen-bond donors (Lipinski definition) is 1. The SMILES string of the molecule is CN=C(NCc1ccn(-c2ccc(OC)cc2)n1)N1CCN(Cc2ccon2)CC1.I. The smallest absolute Gasteiger partial charge is 0.194 e. The lowest BCUT2D eigenvalue weighted by Crippen LogP contribution is -2.52. The molecule has 0 unspecified atom stereocenters. The minimum atomic E-state index is 0. The molecule has 9 nitrogen and oxygen atoms in total. The molecule has 3 aromatic rings. The van der Waals surface area contributed by atoms with Crippen LogP contribution in [0.25, 0.3) is 5.69 Å². The summed E-state index contributed by atoms with van der Waals surface area (Å²) in [6.45, 7) is 5.18. The van der Waals surface area contributed by atoms with E-state index in [-0.39, 0.29) is 24.0 Å². The van der Waals surface area contributed by atoms with Crippen LogP contribution in [0.5, 0.6) is 5.75 Å². The fourth-order valence-corrected chi connectivity index (χ4v) is 3.50. The third kappa shape index (κ3) is 5.97. The lowest BCUT2D eigenvalue weighted by Gasteiger charge is -2.36. The summed E-state index contributed by atoms with van der Waals surface area (Å²) in [4.78, 5) is 9.10. The van der Waals surface area contributed by atoms with E-state index in [1.165, 1.54) is 0 Å². The van der Waals surface area contributed by atoms with E-state index < -0.39 is 0 Å². The van der Waals surface area contributed by atoms with Crippen molar-refractivity contribution < 1.29 is 9.26 Å². The molecule has 0 aliphatic carbocycles. The number of benzene rings is 1. The predicted molar refractivity (Wildman–Crippen MR) is 129 cm³/mol. The molecule has 10 heteroatoms. The van der Waals surface area contributed by atoms with E-state index >= 15 is 0 Å². The monoisotopic (exact) mass is 537 g/mol. The van der Waals surface area contributed by atoms with Crippen LogP contribution in [-0.4, -0.2) is 71.0 Å². The Kier molecular flexibility index (Phi) is 8.29. The van der Waals surface area contributed by atoms with Crippen molar-refractivity contribution in [2.24, 2.45) is 4.99 Å². The van der Waals surface area contributed by atoms with E-state index in [2.05, 4.69) is 30.4 Å². The van der Waals surface area contributed by atoms with Gasteiger partial charge < -0.3 is 19.5 Å². The van der Waals surface area contributed by atoms with Crippen molar-refractivity contribution in [3.63, 3.8) is 0 Å². The van der Waals surface area contributed by atoms with Gasteiger partial charge in [0, 0.05) is 52.0 Å². The molecule has 0 spiro atoms. The second-order valence-electron chi connectivity index (χ2n) is 7.10. The highest BCUT2D eigenvalue weighted by Crippen LogP contribution is 2.14. The Morgan fingerprint density at radius 3 is 2.52 bits per heavy atom. The topological polar surface area (TPSA) is 84.0 Å². The van der Waals surface area contributed by atoms with Gasteiger partial charge in [-0.15, -0.1) is 24.0 Å². The molecule has 1 aromatic carbocycles. The van der Waals surface area contributed by atoms with Crippen LogP contribution in [0.15, 0.2) is 58.4 Å². The number of hydrogen-bond acceptors (Lipinski definition) is 6. The van der Waals surface area contributed by atoms with Crippen molar-refractivity contribution in [1.82, 2.24) is 30.1 Å². The molecule has 1 aliphatic heterocycles. The van der Waals surface area contributed by atoms with E-state index in [1.807, 2.05) is 54.3 Å². The summed E-state index contributed by atoms with van der Waals surface area (Å²) in [7, 11) is 3.48. The average Bonchev–Trinajstić information content (AvgIpc) is 3.48. The minimum Gasteiger partial charge on any atom is -0.497 e. The molecule has 1 aliphatic rings. The highest BCUT2D eigenvalue weighted by Gasteiger charge is 2.20. The van der Waals surface area contributed by atoms with Crippen LogP contribution < -0.4 is 10.1 Å². The van der Waals surface area contributed by atoms with Crippen molar-refractivity contribution in [3.8, 4) is 11.4 Å². The van der Waals surface area contributed by atoms with Crippen LogP contribution in [0.1, 0.15) is 11.4 Å². The van der Waals surface area contributed by atoms with Crippen molar-refractivity contribution in [2.45, 2.75) is 13.1 Å². The average molecular weight is 537 g/mol. The zero-order valence-corrected chi connectivity index (χ0v) is 20.1. The number of rotatable bonds is 6. The van der Waals surface area contributed by atoms with Gasteiger partial charge in [0.2, 0.25) is 0 Å². The van der Waals surface area contributed by atoms with Crippen LogP contribution in [-0.2, 0) is 13.1 Å². The number of ether oxygens (including phenoxy) is 1. The maximum absolute atomic E-state index is 5.21. The van der Waals surface area contributed by atoms with Gasteiger partial charge in [-0.25, -0.2) is 4.68 Å². The summed E-state index contributed by atoms with van der Waals surface area (Å²) in [5, 5.41) is 12.1. The Labute approximate surface area is 199 Å². The third-order valence-electron chi connectivity index (χ3n) is 5.17. The molecule has 0 bridgehead atoms. The van der Waals surface area contributed by atoms with E-state index in [4.69, 9.17) is 9.26 Å². The minimum absolute atomic E-state index is 0. The maximum Gasteiger partial charge on any atom is 0.194 e. The van der Waals surface area contributed by atoms with Crippen molar-refractivity contribution in [3.05, 3.63) is 60.2 Å². The summed E-state index contributed by atoms with van der Waals surface area (Å²) in [6, 6.07) is 11.8. The summed E-state index contributed by atoms with van der Waals surface area (Å²) in [5.74, 6) is 1.73. The molecule has 0 radical (unpaired) electrons. The normalized spacial score (nSPS) is 14.9. The standard InChI is InChI=1S/C21H27N7O2.HI/c1-22-21(27-12-10-26(11-13-27)16-18-8-14-30-25-18)23-15-17-7-9-28(24-17)19-3-5-20(29-2)6-4-19;/h3-9,14H,10-13,15-16H2,1-2H3,(H,22,23);1H. The van der Waals surface area contributed by atoms with E-state index in [0.29, 0.717) is 6.54 Å². The molecular formula is C21H28IN7O2. The third-order valence-corrected chi connectivity index (χ3v) is 5.17. The van der Waals surface area contributed by atoms with Crippen molar-refractivity contribution in [2.75, 3.05) is 40.3 Å². The zero-order chi connectivity index (χ0) is 20.8. The summed E-state index contributed by atoms with van der Waals surface area (Å²) in [6.07, 6.45) is 3.58. The van der Waals surface area contributed by atoms with Crippen molar-refractivity contribution >= 4 is 29.9 Å². The van der Waals surface area contributed by atoms with Crippen LogP contribution in [0, 0.1) is 0 Å². The van der Waals surface area contributed by atoms with Gasteiger partial charge in [0.25, 0.3) is 0 Å². The molecule has 3 heterocycles. The number of aliphatic imine (C=N–C) groups is 1. The lowest BCUT2D eigenvalue weighted by atomic mass is 10.3. The highest BCUT2D eigenvalue weighted by atomic mass is 127. The molecule has 4 rings (SSSR count). The number of nitrogens with zero attached hydrogens (tertiary/aromatic N) is 6. The second kappa shape index (κ2) is 11.1. The van der Waals surface area contributed by atoms with Gasteiger partial charge in [-0.05, 0) is 30.3 Å². The fourth-order valence-electron chi connectivity index (χ4n) is 3.50. The molecule has 166 valence electrons. The molecule has 2 aromatic heterocycles. The largest absolute Gasteiger partial charge is 0.497 e. The molecule has 31 heavy (non-hydrogen) atoms. The first-order chi connectivity index (χ1) is 14.7. The lowest BCUT2D eigenvalue weighted by molar-refractivity contribution is 0.169. The summed E-state index contributed by atoms with van der Waals surface area (Å²) in [5.41, 5.74) is 2.92. The predicted octanol–water partition coefficient (Wildman–Crippen LogP) is 2.38. The zero-order valence-electron chi connectivity index (χ0n) is 17.8. The first-order valence-corrected chi connectivity index (χ1v) is 10.0. The Morgan fingerprint density at radius 1 is 1.10 bits per heavy atom. The Hall–Kier alpha value is -2.60. The Balaban J connectivity index is 0.00000272. The molecular weight excluding hydrogens is 509 g/mol. The molecule has 0 saturated carbocycles. The Bertz CT molecular complexity index is 949. The van der Waals surface area contributed by atoms with Gasteiger partial charge in [0.05, 0.1) is 30.7 Å². The molecule has 1 fully saturated rings. The number of nitrogens with one attached hydrogen (secondary N) is 1. The molecule has 1 N–H and O–H groups in total.